The Labute approximate surface area is 173 Å². The number of benzene rings is 3. The number of rotatable bonds is 8. The van der Waals surface area contributed by atoms with Crippen LogP contribution in [0.1, 0.15) is 23.6 Å². The third-order valence-corrected chi connectivity index (χ3v) is 4.77. The molecule has 3 rings (SSSR count). The lowest BCUT2D eigenvalue weighted by Gasteiger charge is -2.16. The van der Waals surface area contributed by atoms with Crippen LogP contribution in [-0.2, 0) is 13.2 Å². The van der Waals surface area contributed by atoms with Crippen molar-refractivity contribution in [2.24, 2.45) is 0 Å². The molecule has 0 unspecified atom stereocenters. The molecule has 0 saturated carbocycles. The molecule has 0 aliphatic rings. The minimum absolute atomic E-state index is 0.259. The molecule has 0 heterocycles. The van der Waals surface area contributed by atoms with Gasteiger partial charge < -0.3 is 14.8 Å². The number of aryl methyl sites for hydroxylation is 1. The molecule has 3 aromatic rings. The Hall–Kier alpha value is -2.53. The van der Waals surface area contributed by atoms with Crippen molar-refractivity contribution in [2.45, 2.75) is 27.0 Å². The highest BCUT2D eigenvalue weighted by Crippen LogP contribution is 2.37. The second-order valence-corrected chi connectivity index (χ2v) is 7.33. The molecular weight excluding hydrogens is 421 g/mol. The van der Waals surface area contributed by atoms with Crippen molar-refractivity contribution in [1.82, 2.24) is 0 Å². The molecule has 0 aliphatic carbocycles. The average molecular weight is 444 g/mol. The van der Waals surface area contributed by atoms with Crippen molar-refractivity contribution in [1.29, 1.82) is 0 Å². The predicted octanol–water partition coefficient (Wildman–Crippen LogP) is 6.49. The van der Waals surface area contributed by atoms with Gasteiger partial charge in [0.1, 0.15) is 12.4 Å². The first-order chi connectivity index (χ1) is 13.5. The molecule has 0 saturated heterocycles. The van der Waals surface area contributed by atoms with E-state index < -0.39 is 0 Å². The molecule has 1 N–H and O–H groups in total. The van der Waals surface area contributed by atoms with Crippen LogP contribution in [0, 0.1) is 12.7 Å². The fourth-order valence-corrected chi connectivity index (χ4v) is 3.43. The summed E-state index contributed by atoms with van der Waals surface area (Å²) in [6.45, 7) is 5.55. The fraction of sp³-hybridized carbons (Fsp3) is 0.217. The van der Waals surface area contributed by atoms with Crippen LogP contribution in [-0.4, -0.2) is 6.61 Å². The number of ether oxygens (including phenoxy) is 2. The minimum Gasteiger partial charge on any atom is -0.490 e. The number of hydrogen-bond acceptors (Lipinski definition) is 3. The summed E-state index contributed by atoms with van der Waals surface area (Å²) in [6.07, 6.45) is 0. The van der Waals surface area contributed by atoms with Gasteiger partial charge in [0.15, 0.2) is 11.5 Å². The number of halogens is 2. The van der Waals surface area contributed by atoms with Crippen molar-refractivity contribution < 1.29 is 13.9 Å². The Morgan fingerprint density at radius 3 is 2.46 bits per heavy atom. The lowest BCUT2D eigenvalue weighted by molar-refractivity contribution is 0.267. The Morgan fingerprint density at radius 1 is 0.964 bits per heavy atom. The van der Waals surface area contributed by atoms with E-state index in [1.54, 1.807) is 12.1 Å². The zero-order valence-electron chi connectivity index (χ0n) is 16.0. The van der Waals surface area contributed by atoms with Gasteiger partial charge in [-0.3, -0.25) is 0 Å². The summed E-state index contributed by atoms with van der Waals surface area (Å²) in [6, 6.07) is 18.5. The molecule has 0 aromatic heterocycles. The molecule has 0 aliphatic heterocycles. The van der Waals surface area contributed by atoms with E-state index in [4.69, 9.17) is 9.47 Å². The molecule has 0 fully saturated rings. The zero-order chi connectivity index (χ0) is 19.9. The van der Waals surface area contributed by atoms with Crippen LogP contribution in [0.2, 0.25) is 0 Å². The van der Waals surface area contributed by atoms with Crippen molar-refractivity contribution in [3.8, 4) is 11.5 Å². The molecule has 0 atom stereocenters. The van der Waals surface area contributed by atoms with E-state index in [9.17, 15) is 4.39 Å². The summed E-state index contributed by atoms with van der Waals surface area (Å²) < 4.78 is 25.6. The molecule has 0 bridgehead atoms. The first kappa shape index (κ1) is 20.2. The molecular formula is C23H23BrFNO2. The molecule has 3 aromatic carbocycles. The van der Waals surface area contributed by atoms with Gasteiger partial charge in [0, 0.05) is 12.2 Å². The molecule has 0 radical (unpaired) electrons. The van der Waals surface area contributed by atoms with E-state index in [0.29, 0.717) is 31.3 Å². The highest BCUT2D eigenvalue weighted by molar-refractivity contribution is 9.10. The molecule has 28 heavy (non-hydrogen) atoms. The van der Waals surface area contributed by atoms with Crippen molar-refractivity contribution >= 4 is 21.6 Å². The Balaban J connectivity index is 1.74. The van der Waals surface area contributed by atoms with Gasteiger partial charge >= 0.3 is 0 Å². The molecule has 5 heteroatoms. The smallest absolute Gasteiger partial charge is 0.175 e. The number of anilines is 1. The summed E-state index contributed by atoms with van der Waals surface area (Å²) in [4.78, 5) is 0. The average Bonchev–Trinajstić information content (AvgIpc) is 2.67. The van der Waals surface area contributed by atoms with E-state index in [1.807, 2.05) is 31.2 Å². The van der Waals surface area contributed by atoms with Crippen LogP contribution < -0.4 is 14.8 Å². The molecule has 0 spiro atoms. The molecule has 0 amide bonds. The van der Waals surface area contributed by atoms with Gasteiger partial charge in [-0.05, 0) is 82.9 Å². The minimum atomic E-state index is -0.259. The summed E-state index contributed by atoms with van der Waals surface area (Å²) in [5.41, 5.74) is 4.25. The van der Waals surface area contributed by atoms with E-state index in [1.165, 1.54) is 17.7 Å². The van der Waals surface area contributed by atoms with Crippen LogP contribution in [0.3, 0.4) is 0 Å². The summed E-state index contributed by atoms with van der Waals surface area (Å²) in [7, 11) is 0. The van der Waals surface area contributed by atoms with Crippen molar-refractivity contribution in [3.05, 3.63) is 87.6 Å². The maximum Gasteiger partial charge on any atom is 0.175 e. The summed E-state index contributed by atoms with van der Waals surface area (Å²) in [5.74, 6) is 1.07. The first-order valence-corrected chi connectivity index (χ1v) is 9.97. The third-order valence-electron chi connectivity index (χ3n) is 4.18. The Bertz CT molecular complexity index is 928. The maximum absolute atomic E-state index is 13.1. The van der Waals surface area contributed by atoms with Crippen LogP contribution in [0.4, 0.5) is 10.1 Å². The summed E-state index contributed by atoms with van der Waals surface area (Å²) >= 11 is 3.60. The predicted molar refractivity (Wildman–Crippen MR) is 115 cm³/mol. The van der Waals surface area contributed by atoms with Gasteiger partial charge in [-0.2, -0.15) is 0 Å². The Kier molecular flexibility index (Phi) is 6.93. The zero-order valence-corrected chi connectivity index (χ0v) is 17.6. The highest BCUT2D eigenvalue weighted by Gasteiger charge is 2.13. The first-order valence-electron chi connectivity index (χ1n) is 9.18. The fourth-order valence-electron chi connectivity index (χ4n) is 2.82. The lowest BCUT2D eigenvalue weighted by Crippen LogP contribution is -2.04. The molecule has 146 valence electrons. The van der Waals surface area contributed by atoms with Gasteiger partial charge in [-0.1, -0.05) is 24.3 Å². The van der Waals surface area contributed by atoms with Crippen molar-refractivity contribution in [2.75, 3.05) is 11.9 Å². The van der Waals surface area contributed by atoms with Crippen LogP contribution in [0.5, 0.6) is 11.5 Å². The highest BCUT2D eigenvalue weighted by atomic mass is 79.9. The second-order valence-electron chi connectivity index (χ2n) is 6.48. The van der Waals surface area contributed by atoms with Gasteiger partial charge in [-0.25, -0.2) is 4.39 Å². The van der Waals surface area contributed by atoms with E-state index in [-0.39, 0.29) is 5.82 Å². The maximum atomic E-state index is 13.1. The van der Waals surface area contributed by atoms with Gasteiger partial charge in [0.2, 0.25) is 0 Å². The SMILES string of the molecule is CCOc1cc(CNc2cccc(C)c2)cc(Br)c1OCc1ccc(F)cc1. The van der Waals surface area contributed by atoms with Gasteiger partial charge in [-0.15, -0.1) is 0 Å². The van der Waals surface area contributed by atoms with Gasteiger partial charge in [0.05, 0.1) is 11.1 Å². The van der Waals surface area contributed by atoms with E-state index >= 15 is 0 Å². The molecule has 3 nitrogen and oxygen atoms in total. The number of hydrogen-bond donors (Lipinski definition) is 1. The topological polar surface area (TPSA) is 30.5 Å². The normalized spacial score (nSPS) is 10.6. The van der Waals surface area contributed by atoms with Gasteiger partial charge in [0.25, 0.3) is 0 Å². The number of nitrogens with one attached hydrogen (secondary N) is 1. The van der Waals surface area contributed by atoms with Crippen molar-refractivity contribution in [3.63, 3.8) is 0 Å². The third kappa shape index (κ3) is 5.49. The Morgan fingerprint density at radius 2 is 1.75 bits per heavy atom. The quantitative estimate of drug-likeness (QED) is 0.431. The largest absolute Gasteiger partial charge is 0.490 e. The van der Waals surface area contributed by atoms with E-state index in [2.05, 4.69) is 40.3 Å². The second kappa shape index (κ2) is 9.60. The van der Waals surface area contributed by atoms with Crippen LogP contribution in [0.25, 0.3) is 0 Å². The van der Waals surface area contributed by atoms with Crippen LogP contribution in [0.15, 0.2) is 65.1 Å². The standard InChI is InChI=1S/C23H23BrFNO2/c1-3-27-22-13-18(14-26-20-6-4-5-16(2)11-20)12-21(24)23(22)28-15-17-7-9-19(25)10-8-17/h4-13,26H,3,14-15H2,1-2H3. The summed E-state index contributed by atoms with van der Waals surface area (Å²) in [5, 5.41) is 3.43. The lowest BCUT2D eigenvalue weighted by atomic mass is 10.1. The monoisotopic (exact) mass is 443 g/mol. The van der Waals surface area contributed by atoms with Crippen LogP contribution >= 0.6 is 15.9 Å². The van der Waals surface area contributed by atoms with E-state index in [0.717, 1.165) is 21.3 Å².